The van der Waals surface area contributed by atoms with Crippen LogP contribution in [0, 0.1) is 5.92 Å². The Morgan fingerprint density at radius 3 is 2.58 bits per heavy atom. The van der Waals surface area contributed by atoms with Gasteiger partial charge >= 0.3 is 0 Å². The molecule has 0 radical (unpaired) electrons. The van der Waals surface area contributed by atoms with Gasteiger partial charge in [-0.1, -0.05) is 53.7 Å². The van der Waals surface area contributed by atoms with Crippen molar-refractivity contribution in [2.24, 2.45) is 5.92 Å². The number of carbonyl (C=O) groups is 1. The van der Waals surface area contributed by atoms with Crippen molar-refractivity contribution in [2.45, 2.75) is 25.9 Å². The number of benzene rings is 2. The Labute approximate surface area is 182 Å². The lowest BCUT2D eigenvalue weighted by Gasteiger charge is -2.32. The van der Waals surface area contributed by atoms with Gasteiger partial charge in [-0.2, -0.15) is 4.98 Å². The van der Waals surface area contributed by atoms with Gasteiger partial charge in [0.1, 0.15) is 5.75 Å². The summed E-state index contributed by atoms with van der Waals surface area (Å²) in [6, 6.07) is 17.6. The summed E-state index contributed by atoms with van der Waals surface area (Å²) < 4.78 is 10.8. The van der Waals surface area contributed by atoms with Crippen LogP contribution in [-0.2, 0) is 17.9 Å². The Morgan fingerprint density at radius 1 is 1.13 bits per heavy atom. The quantitative estimate of drug-likeness (QED) is 0.581. The molecule has 1 fully saturated rings. The van der Waals surface area contributed by atoms with E-state index < -0.39 is 0 Å². The van der Waals surface area contributed by atoms with E-state index in [4.69, 9.17) is 9.26 Å². The van der Waals surface area contributed by atoms with E-state index in [1.54, 1.807) is 7.11 Å². The Hall–Kier alpha value is -3.19. The van der Waals surface area contributed by atoms with Gasteiger partial charge in [0, 0.05) is 30.6 Å². The van der Waals surface area contributed by atoms with E-state index in [2.05, 4.69) is 15.0 Å². The maximum atomic E-state index is 13.0. The molecular weight excluding hydrogens is 392 g/mol. The number of piperidine rings is 1. The number of amides is 1. The first-order chi connectivity index (χ1) is 15.1. The number of nitrogens with zero attached hydrogens (tertiary/aromatic N) is 4. The summed E-state index contributed by atoms with van der Waals surface area (Å²) in [6.07, 6.45) is 1.66. The average molecular weight is 421 g/mol. The van der Waals surface area contributed by atoms with Gasteiger partial charge in [0.2, 0.25) is 17.6 Å². The number of rotatable bonds is 7. The van der Waals surface area contributed by atoms with Crippen LogP contribution in [-0.4, -0.2) is 53.1 Å². The second kappa shape index (κ2) is 9.75. The number of ether oxygens (including phenoxy) is 1. The number of hydrogen-bond acceptors (Lipinski definition) is 6. The predicted octanol–water partition coefficient (Wildman–Crippen LogP) is 3.62. The van der Waals surface area contributed by atoms with Gasteiger partial charge in [-0.3, -0.25) is 9.69 Å². The van der Waals surface area contributed by atoms with E-state index in [1.807, 2.05) is 66.5 Å². The van der Waals surface area contributed by atoms with E-state index in [0.717, 1.165) is 42.8 Å². The molecule has 2 heterocycles. The highest BCUT2D eigenvalue weighted by Crippen LogP contribution is 2.24. The lowest BCUT2D eigenvalue weighted by Crippen LogP contribution is -2.40. The van der Waals surface area contributed by atoms with Crippen LogP contribution in [0.25, 0.3) is 11.4 Å². The van der Waals surface area contributed by atoms with Crippen molar-refractivity contribution in [3.05, 3.63) is 66.1 Å². The summed E-state index contributed by atoms with van der Waals surface area (Å²) >= 11 is 0. The highest BCUT2D eigenvalue weighted by atomic mass is 16.5. The number of para-hydroxylation sites is 1. The van der Waals surface area contributed by atoms with E-state index >= 15 is 0 Å². The topological polar surface area (TPSA) is 71.7 Å². The van der Waals surface area contributed by atoms with Crippen molar-refractivity contribution in [1.29, 1.82) is 0 Å². The van der Waals surface area contributed by atoms with Gasteiger partial charge in [-0.25, -0.2) is 0 Å². The molecule has 0 atom stereocenters. The molecule has 0 N–H and O–H groups in total. The van der Waals surface area contributed by atoms with Crippen molar-refractivity contribution >= 4 is 5.91 Å². The number of aromatic nitrogens is 2. The Kier molecular flexibility index (Phi) is 6.62. The summed E-state index contributed by atoms with van der Waals surface area (Å²) in [7, 11) is 3.52. The highest BCUT2D eigenvalue weighted by Gasteiger charge is 2.28. The molecule has 1 aliphatic heterocycles. The molecule has 1 saturated heterocycles. The summed E-state index contributed by atoms with van der Waals surface area (Å²) in [5.74, 6) is 2.26. The Bertz CT molecular complexity index is 997. The predicted molar refractivity (Wildman–Crippen MR) is 117 cm³/mol. The van der Waals surface area contributed by atoms with Gasteiger partial charge in [-0.05, 0) is 32.0 Å². The van der Waals surface area contributed by atoms with Gasteiger partial charge < -0.3 is 14.2 Å². The molecule has 31 heavy (non-hydrogen) atoms. The van der Waals surface area contributed by atoms with E-state index in [0.29, 0.717) is 24.8 Å². The lowest BCUT2D eigenvalue weighted by molar-refractivity contribution is -0.136. The van der Waals surface area contributed by atoms with Crippen LogP contribution in [0.3, 0.4) is 0 Å². The summed E-state index contributed by atoms with van der Waals surface area (Å²) in [5, 5.41) is 4.09. The second-order valence-electron chi connectivity index (χ2n) is 7.93. The number of likely N-dealkylation sites (tertiary alicyclic amines) is 1. The van der Waals surface area contributed by atoms with Crippen LogP contribution in [0.4, 0.5) is 0 Å². The zero-order valence-corrected chi connectivity index (χ0v) is 18.0. The molecule has 7 heteroatoms. The molecule has 1 aliphatic rings. The molecular formula is C24H28N4O3. The minimum Gasteiger partial charge on any atom is -0.496 e. The smallest absolute Gasteiger partial charge is 0.241 e. The first kappa shape index (κ1) is 21.1. The van der Waals surface area contributed by atoms with Gasteiger partial charge in [-0.15, -0.1) is 0 Å². The number of methoxy groups -OCH3 is 1. The fraction of sp³-hybridized carbons (Fsp3) is 0.375. The van der Waals surface area contributed by atoms with Gasteiger partial charge in [0.15, 0.2) is 0 Å². The third-order valence-corrected chi connectivity index (χ3v) is 5.77. The molecule has 162 valence electrons. The average Bonchev–Trinajstić information content (AvgIpc) is 3.28. The molecule has 1 aromatic heterocycles. The highest BCUT2D eigenvalue weighted by molar-refractivity contribution is 5.78. The number of carbonyl (C=O) groups excluding carboxylic acids is 1. The summed E-state index contributed by atoms with van der Waals surface area (Å²) in [5.41, 5.74) is 1.96. The third kappa shape index (κ3) is 5.11. The van der Waals surface area contributed by atoms with Crippen molar-refractivity contribution in [2.75, 3.05) is 27.2 Å². The maximum Gasteiger partial charge on any atom is 0.241 e. The first-order valence-corrected chi connectivity index (χ1v) is 10.6. The molecule has 0 saturated carbocycles. The van der Waals surface area contributed by atoms with Crippen LogP contribution in [0.2, 0.25) is 0 Å². The van der Waals surface area contributed by atoms with E-state index in [-0.39, 0.29) is 11.8 Å². The first-order valence-electron chi connectivity index (χ1n) is 10.6. The third-order valence-electron chi connectivity index (χ3n) is 5.77. The standard InChI is InChI=1S/C24H28N4O3/c1-27(16-20-10-6-7-11-21(20)30-2)24(29)19-12-14-28(15-13-19)17-22-25-23(26-31-22)18-8-4-3-5-9-18/h3-11,19H,12-17H2,1-2H3. The normalized spacial score (nSPS) is 15.0. The monoisotopic (exact) mass is 420 g/mol. The van der Waals surface area contributed by atoms with Crippen molar-refractivity contribution in [1.82, 2.24) is 19.9 Å². The van der Waals surface area contributed by atoms with Crippen LogP contribution in [0.1, 0.15) is 24.3 Å². The largest absolute Gasteiger partial charge is 0.496 e. The van der Waals surface area contributed by atoms with Crippen molar-refractivity contribution < 1.29 is 14.1 Å². The molecule has 0 bridgehead atoms. The SMILES string of the molecule is COc1ccccc1CN(C)C(=O)C1CCN(Cc2nc(-c3ccccc3)no2)CC1. The minimum absolute atomic E-state index is 0.0403. The van der Waals surface area contributed by atoms with Crippen molar-refractivity contribution in [3.63, 3.8) is 0 Å². The second-order valence-corrected chi connectivity index (χ2v) is 7.93. The lowest BCUT2D eigenvalue weighted by atomic mass is 9.95. The zero-order valence-electron chi connectivity index (χ0n) is 18.0. The van der Waals surface area contributed by atoms with E-state index in [1.165, 1.54) is 0 Å². The zero-order chi connectivity index (χ0) is 21.6. The van der Waals surface area contributed by atoms with Crippen LogP contribution in [0.15, 0.2) is 59.1 Å². The molecule has 0 unspecified atom stereocenters. The van der Waals surface area contributed by atoms with Crippen LogP contribution < -0.4 is 4.74 Å². The van der Waals surface area contributed by atoms with Crippen molar-refractivity contribution in [3.8, 4) is 17.1 Å². The fourth-order valence-electron chi connectivity index (χ4n) is 4.03. The molecule has 2 aromatic carbocycles. The number of hydrogen-bond donors (Lipinski definition) is 0. The molecule has 3 aromatic rings. The Balaban J connectivity index is 1.28. The summed E-state index contributed by atoms with van der Waals surface area (Å²) in [4.78, 5) is 21.5. The summed E-state index contributed by atoms with van der Waals surface area (Å²) in [6.45, 7) is 2.83. The minimum atomic E-state index is 0.0403. The van der Waals surface area contributed by atoms with Crippen LogP contribution in [0.5, 0.6) is 5.75 Å². The molecule has 0 spiro atoms. The van der Waals surface area contributed by atoms with Gasteiger partial charge in [0.05, 0.1) is 13.7 Å². The fourth-order valence-corrected chi connectivity index (χ4v) is 4.03. The van der Waals surface area contributed by atoms with E-state index in [9.17, 15) is 4.79 Å². The molecule has 7 nitrogen and oxygen atoms in total. The molecule has 4 rings (SSSR count). The maximum absolute atomic E-state index is 13.0. The van der Waals surface area contributed by atoms with Crippen LogP contribution >= 0.6 is 0 Å². The van der Waals surface area contributed by atoms with Gasteiger partial charge in [0.25, 0.3) is 0 Å². The molecule has 1 amide bonds. The molecule has 0 aliphatic carbocycles. The Morgan fingerprint density at radius 2 is 1.84 bits per heavy atom.